The van der Waals surface area contributed by atoms with Crippen molar-refractivity contribution in [3.05, 3.63) is 194 Å². The highest BCUT2D eigenvalue weighted by Gasteiger charge is 2.27. The van der Waals surface area contributed by atoms with Crippen molar-refractivity contribution in [2.75, 3.05) is 0 Å². The summed E-state index contributed by atoms with van der Waals surface area (Å²) in [6.45, 7) is 0. The molecule has 4 heterocycles. The Kier molecular flexibility index (Phi) is 7.47. The molecule has 0 spiro atoms. The number of hydrogen-bond donors (Lipinski definition) is 0. The quantitative estimate of drug-likeness (QED) is 0.174. The van der Waals surface area contributed by atoms with Gasteiger partial charge in [-0.15, -0.1) is 0 Å². The highest BCUT2D eigenvalue weighted by atomic mass is 32.2. The van der Waals surface area contributed by atoms with Gasteiger partial charge in [0, 0.05) is 58.8 Å². The minimum absolute atomic E-state index is 0.636. The number of rotatable bonds is 5. The van der Waals surface area contributed by atoms with E-state index in [0.29, 0.717) is 17.5 Å². The van der Waals surface area contributed by atoms with Gasteiger partial charge in [-0.1, -0.05) is 163 Å². The zero-order valence-electron chi connectivity index (χ0n) is 32.6. The number of aromatic nitrogens is 4. The predicted octanol–water partition coefficient (Wildman–Crippen LogP) is 14.8. The molecule has 0 bridgehead atoms. The van der Waals surface area contributed by atoms with Crippen molar-refractivity contribution in [1.82, 2.24) is 19.5 Å². The summed E-state index contributed by atoms with van der Waals surface area (Å²) in [6, 6.07) is 68.4. The van der Waals surface area contributed by atoms with E-state index in [2.05, 4.69) is 168 Å². The van der Waals surface area contributed by atoms with Gasteiger partial charge < -0.3 is 8.98 Å². The monoisotopic (exact) mass is 796 g/mol. The molecule has 0 saturated heterocycles. The first-order valence-electron chi connectivity index (χ1n) is 20.4. The van der Waals surface area contributed by atoms with Crippen LogP contribution in [0.4, 0.5) is 0 Å². The lowest BCUT2D eigenvalue weighted by molar-refractivity contribution is 0.671. The molecular weight excluding hydrogens is 765 g/mol. The summed E-state index contributed by atoms with van der Waals surface area (Å²) in [5, 5.41) is 7.03. The maximum Gasteiger partial charge on any atom is 0.165 e. The van der Waals surface area contributed by atoms with Gasteiger partial charge in [-0.3, -0.25) is 0 Å². The van der Waals surface area contributed by atoms with E-state index < -0.39 is 0 Å². The van der Waals surface area contributed by atoms with Gasteiger partial charge in [0.05, 0.1) is 16.7 Å². The molecule has 1 aliphatic rings. The molecule has 3 aromatic heterocycles. The molecule has 0 fully saturated rings. The minimum Gasteiger partial charge on any atom is -0.454 e. The van der Waals surface area contributed by atoms with Crippen molar-refractivity contribution in [2.45, 2.75) is 9.79 Å². The molecule has 0 aliphatic carbocycles. The molecule has 13 rings (SSSR count). The van der Waals surface area contributed by atoms with Crippen molar-refractivity contribution < 1.29 is 4.42 Å². The van der Waals surface area contributed by atoms with Crippen molar-refractivity contribution in [3.8, 4) is 62.1 Å². The summed E-state index contributed by atoms with van der Waals surface area (Å²) in [6.07, 6.45) is 0. The third kappa shape index (κ3) is 5.26. The van der Waals surface area contributed by atoms with Crippen LogP contribution in [0.3, 0.4) is 0 Å². The fraction of sp³-hybridized carbons (Fsp3) is 0. The van der Waals surface area contributed by atoms with Crippen molar-refractivity contribution >= 4 is 66.3 Å². The average molecular weight is 797 g/mol. The average Bonchev–Trinajstić information content (AvgIpc) is 3.88. The molecule has 0 unspecified atom stereocenters. The van der Waals surface area contributed by atoms with Gasteiger partial charge in [0.1, 0.15) is 5.58 Å². The highest BCUT2D eigenvalue weighted by molar-refractivity contribution is 8.00. The molecule has 6 heteroatoms. The SMILES string of the molecule is c1ccc(-c2cccc(-c3nc(-c4ccccc4)nc(-c4cccc5c4Sc4ccc(-n6c7ccccc7c7ccc8c9ccccc9oc8c76)c6cccc-5c46)n3)c2)cc1. The molecule has 0 atom stereocenters. The number of benzene rings is 9. The van der Waals surface area contributed by atoms with Gasteiger partial charge >= 0.3 is 0 Å². The number of fused-ring (bicyclic) bond motifs is 9. The molecule has 5 nitrogen and oxygen atoms in total. The maximum atomic E-state index is 6.71. The predicted molar refractivity (Wildman–Crippen MR) is 250 cm³/mol. The minimum atomic E-state index is 0.636. The summed E-state index contributed by atoms with van der Waals surface area (Å²) in [5.41, 5.74) is 12.6. The van der Waals surface area contributed by atoms with Gasteiger partial charge in [0.2, 0.25) is 0 Å². The lowest BCUT2D eigenvalue weighted by Crippen LogP contribution is -2.03. The van der Waals surface area contributed by atoms with Gasteiger partial charge in [-0.25, -0.2) is 15.0 Å². The topological polar surface area (TPSA) is 56.7 Å². The first-order valence-corrected chi connectivity index (χ1v) is 21.3. The van der Waals surface area contributed by atoms with Gasteiger partial charge in [0.15, 0.2) is 23.1 Å². The first kappa shape index (κ1) is 34.1. The third-order valence-electron chi connectivity index (χ3n) is 12.1. The second-order valence-corrected chi connectivity index (χ2v) is 16.6. The molecule has 1 aliphatic heterocycles. The third-order valence-corrected chi connectivity index (χ3v) is 13.3. The van der Waals surface area contributed by atoms with Crippen LogP contribution in [0.15, 0.2) is 208 Å². The summed E-state index contributed by atoms with van der Waals surface area (Å²) < 4.78 is 9.12. The van der Waals surface area contributed by atoms with E-state index in [-0.39, 0.29) is 0 Å². The van der Waals surface area contributed by atoms with E-state index in [1.165, 1.54) is 32.0 Å². The van der Waals surface area contributed by atoms with Crippen molar-refractivity contribution in [1.29, 1.82) is 0 Å². The van der Waals surface area contributed by atoms with Crippen molar-refractivity contribution in [3.63, 3.8) is 0 Å². The van der Waals surface area contributed by atoms with Crippen LogP contribution >= 0.6 is 11.8 Å². The van der Waals surface area contributed by atoms with Crippen LogP contribution in [0, 0.1) is 0 Å². The lowest BCUT2D eigenvalue weighted by atomic mass is 9.95. The zero-order valence-corrected chi connectivity index (χ0v) is 33.4. The Morgan fingerprint density at radius 2 is 1.03 bits per heavy atom. The van der Waals surface area contributed by atoms with E-state index in [1.807, 2.05) is 30.3 Å². The van der Waals surface area contributed by atoms with Gasteiger partial charge in [-0.2, -0.15) is 0 Å². The van der Waals surface area contributed by atoms with Crippen LogP contribution in [-0.2, 0) is 0 Å². The van der Waals surface area contributed by atoms with Crippen LogP contribution in [0.25, 0.3) is 117 Å². The van der Waals surface area contributed by atoms with E-state index in [1.54, 1.807) is 11.8 Å². The van der Waals surface area contributed by atoms with Gasteiger partial charge in [0.25, 0.3) is 0 Å². The Morgan fingerprint density at radius 3 is 1.90 bits per heavy atom. The fourth-order valence-corrected chi connectivity index (χ4v) is 10.5. The molecule has 0 amide bonds. The Hall–Kier alpha value is -7.80. The number of nitrogens with zero attached hydrogens (tertiary/aromatic N) is 4. The van der Waals surface area contributed by atoms with Crippen LogP contribution in [0.2, 0.25) is 0 Å². The molecule has 284 valence electrons. The van der Waals surface area contributed by atoms with E-state index in [9.17, 15) is 0 Å². The van der Waals surface area contributed by atoms with Crippen molar-refractivity contribution in [2.24, 2.45) is 0 Å². The maximum absolute atomic E-state index is 6.71. The van der Waals surface area contributed by atoms with Crippen LogP contribution in [0.5, 0.6) is 0 Å². The molecular formula is C55H32N4OS. The smallest absolute Gasteiger partial charge is 0.165 e. The second kappa shape index (κ2) is 13.4. The molecule has 0 N–H and O–H groups in total. The van der Waals surface area contributed by atoms with Gasteiger partial charge in [-0.05, 0) is 64.7 Å². The number of para-hydroxylation sites is 2. The first-order chi connectivity index (χ1) is 30.2. The Balaban J connectivity index is 1.01. The number of furan rings is 1. The van der Waals surface area contributed by atoms with E-state index >= 15 is 0 Å². The summed E-state index contributed by atoms with van der Waals surface area (Å²) >= 11 is 1.79. The Morgan fingerprint density at radius 1 is 0.410 bits per heavy atom. The Labute approximate surface area is 354 Å². The summed E-state index contributed by atoms with van der Waals surface area (Å²) in [7, 11) is 0. The molecule has 12 aromatic rings. The van der Waals surface area contributed by atoms with E-state index in [0.717, 1.165) is 76.9 Å². The largest absolute Gasteiger partial charge is 0.454 e. The molecule has 9 aromatic carbocycles. The molecule has 0 saturated carbocycles. The lowest BCUT2D eigenvalue weighted by Gasteiger charge is -2.24. The number of hydrogen-bond acceptors (Lipinski definition) is 5. The zero-order chi connectivity index (χ0) is 40.0. The van der Waals surface area contributed by atoms with Crippen LogP contribution in [0.1, 0.15) is 0 Å². The Bertz CT molecular complexity index is 3740. The van der Waals surface area contributed by atoms with Crippen LogP contribution < -0.4 is 0 Å². The standard InChI is InChI=1S/C55H32N4OS/c1-3-14-33(15-4-1)35-18-11-19-36(32-35)54-56-53(34-16-5-2-6-17-34)57-55(58-54)44-25-13-23-42-39-22-12-24-43-46(30-31-48(49(39)43)61-52(42)44)59-45-26-9-7-20-37(45)40-28-29-41-38-21-8-10-27-47(38)60-51(41)50(40)59/h1-32H. The summed E-state index contributed by atoms with van der Waals surface area (Å²) in [4.78, 5) is 17.8. The highest BCUT2D eigenvalue weighted by Crippen LogP contribution is 2.52. The molecule has 0 radical (unpaired) electrons. The second-order valence-electron chi connectivity index (χ2n) is 15.5. The van der Waals surface area contributed by atoms with Crippen LogP contribution in [-0.4, -0.2) is 19.5 Å². The van der Waals surface area contributed by atoms with E-state index in [4.69, 9.17) is 19.4 Å². The fourth-order valence-electron chi connectivity index (χ4n) is 9.30. The normalized spacial score (nSPS) is 12.2. The molecule has 61 heavy (non-hydrogen) atoms. The summed E-state index contributed by atoms with van der Waals surface area (Å²) in [5.74, 6) is 1.92.